The van der Waals surface area contributed by atoms with Crippen molar-refractivity contribution in [1.29, 1.82) is 0 Å². The molecule has 0 aromatic heterocycles. The molecule has 0 saturated heterocycles. The van der Waals surface area contributed by atoms with E-state index in [4.69, 9.17) is 0 Å². The molecule has 0 heterocycles. The summed E-state index contributed by atoms with van der Waals surface area (Å²) in [6.07, 6.45) is 4.69. The van der Waals surface area contributed by atoms with E-state index >= 15 is 0 Å². The van der Waals surface area contributed by atoms with E-state index in [1.54, 1.807) is 0 Å². The average molecular weight is 195 g/mol. The Bertz CT molecular complexity index is 197. The van der Waals surface area contributed by atoms with Crippen molar-refractivity contribution >= 4 is 0 Å². The fourth-order valence-electron chi connectivity index (χ4n) is 1.30. The fourth-order valence-corrected chi connectivity index (χ4v) is 1.30. The van der Waals surface area contributed by atoms with E-state index < -0.39 is 0 Å². The van der Waals surface area contributed by atoms with E-state index in [9.17, 15) is 0 Å². The van der Waals surface area contributed by atoms with Crippen LogP contribution in [0.25, 0.3) is 0 Å². The molecule has 0 fully saturated rings. The van der Waals surface area contributed by atoms with Crippen LogP contribution in [0.3, 0.4) is 0 Å². The maximum Gasteiger partial charge on any atom is 0.0174 e. The van der Waals surface area contributed by atoms with Crippen LogP contribution in [0, 0.1) is 5.92 Å². The van der Waals surface area contributed by atoms with Crippen LogP contribution in [-0.4, -0.2) is 18.5 Å². The summed E-state index contributed by atoms with van der Waals surface area (Å²) < 4.78 is 0. The van der Waals surface area contributed by atoms with E-state index in [-0.39, 0.29) is 0 Å². The fraction of sp³-hybridized carbons (Fsp3) is 0.692. The van der Waals surface area contributed by atoms with Crippen LogP contribution in [0.2, 0.25) is 0 Å². The molecule has 82 valence electrons. The van der Waals surface area contributed by atoms with Gasteiger partial charge in [0.25, 0.3) is 0 Å². The second kappa shape index (κ2) is 6.69. The summed E-state index contributed by atoms with van der Waals surface area (Å²) in [6, 6.07) is 0. The van der Waals surface area contributed by atoms with Gasteiger partial charge in [-0.05, 0) is 32.6 Å². The Kier molecular flexibility index (Phi) is 6.35. The maximum absolute atomic E-state index is 4.08. The van der Waals surface area contributed by atoms with Crippen molar-refractivity contribution in [3.05, 3.63) is 23.9 Å². The molecule has 0 aliphatic carbocycles. The second-order valence-corrected chi connectivity index (χ2v) is 4.49. The molecule has 14 heavy (non-hydrogen) atoms. The lowest BCUT2D eigenvalue weighted by atomic mass is 10.1. The molecule has 1 heteroatoms. The lowest BCUT2D eigenvalue weighted by Crippen LogP contribution is -2.21. The normalized spacial score (nSPS) is 10.1. The molecule has 0 aromatic carbocycles. The van der Waals surface area contributed by atoms with Gasteiger partial charge in [-0.3, -0.25) is 0 Å². The molecule has 0 atom stereocenters. The molecule has 0 spiro atoms. The van der Waals surface area contributed by atoms with E-state index in [2.05, 4.69) is 52.3 Å². The summed E-state index contributed by atoms with van der Waals surface area (Å²) >= 11 is 0. The first-order chi connectivity index (χ1) is 6.45. The zero-order valence-corrected chi connectivity index (χ0v) is 10.4. The third kappa shape index (κ3) is 5.85. The Morgan fingerprint density at radius 3 is 2.36 bits per heavy atom. The van der Waals surface area contributed by atoms with Crippen LogP contribution in [0.5, 0.6) is 0 Å². The van der Waals surface area contributed by atoms with Gasteiger partial charge in [-0.2, -0.15) is 0 Å². The molecule has 0 aromatic rings. The van der Waals surface area contributed by atoms with Crippen LogP contribution in [0.15, 0.2) is 23.9 Å². The summed E-state index contributed by atoms with van der Waals surface area (Å²) in [5, 5.41) is 0. The predicted octanol–water partition coefficient (Wildman–Crippen LogP) is 3.83. The Hall–Kier alpha value is -0.720. The van der Waals surface area contributed by atoms with Gasteiger partial charge in [0.1, 0.15) is 0 Å². The van der Waals surface area contributed by atoms with Crippen LogP contribution in [0.1, 0.15) is 40.5 Å². The summed E-state index contributed by atoms with van der Waals surface area (Å²) in [6.45, 7) is 13.9. The van der Waals surface area contributed by atoms with Gasteiger partial charge in [0, 0.05) is 19.3 Å². The summed E-state index contributed by atoms with van der Waals surface area (Å²) in [7, 11) is 2.13. The molecule has 0 radical (unpaired) electrons. The van der Waals surface area contributed by atoms with E-state index in [0.717, 1.165) is 6.54 Å². The highest BCUT2D eigenvalue weighted by Gasteiger charge is 2.04. The number of nitrogens with zero attached hydrogens (tertiary/aromatic N) is 1. The largest absolute Gasteiger partial charge is 0.378 e. The summed E-state index contributed by atoms with van der Waals surface area (Å²) in [5.74, 6) is 0.559. The topological polar surface area (TPSA) is 3.24 Å². The first-order valence-corrected chi connectivity index (χ1v) is 5.48. The first kappa shape index (κ1) is 13.3. The number of rotatable bonds is 6. The molecular weight excluding hydrogens is 170 g/mol. The average Bonchev–Trinajstić information content (AvgIpc) is 2.10. The van der Waals surface area contributed by atoms with Crippen molar-refractivity contribution in [3.8, 4) is 0 Å². The molecule has 1 nitrogen and oxygen atoms in total. The van der Waals surface area contributed by atoms with Gasteiger partial charge in [0.15, 0.2) is 0 Å². The quantitative estimate of drug-likeness (QED) is 0.460. The molecule has 0 aliphatic heterocycles. The highest BCUT2D eigenvalue weighted by molar-refractivity contribution is 4.96. The number of hydrogen-bond acceptors (Lipinski definition) is 1. The van der Waals surface area contributed by atoms with Crippen LogP contribution >= 0.6 is 0 Å². The van der Waals surface area contributed by atoms with Gasteiger partial charge >= 0.3 is 0 Å². The Morgan fingerprint density at radius 2 is 1.93 bits per heavy atom. The molecule has 0 unspecified atom stereocenters. The van der Waals surface area contributed by atoms with Crippen molar-refractivity contribution in [2.45, 2.75) is 40.5 Å². The third-order valence-corrected chi connectivity index (χ3v) is 2.41. The van der Waals surface area contributed by atoms with Gasteiger partial charge in [-0.25, -0.2) is 0 Å². The van der Waals surface area contributed by atoms with Crippen LogP contribution in [-0.2, 0) is 0 Å². The van der Waals surface area contributed by atoms with E-state index in [1.165, 1.54) is 24.1 Å². The maximum atomic E-state index is 4.08. The first-order valence-electron chi connectivity index (χ1n) is 5.48. The van der Waals surface area contributed by atoms with Crippen molar-refractivity contribution in [2.75, 3.05) is 13.6 Å². The molecular formula is C13H25N. The molecule has 0 N–H and O–H groups in total. The van der Waals surface area contributed by atoms with Crippen molar-refractivity contribution in [3.63, 3.8) is 0 Å². The van der Waals surface area contributed by atoms with Crippen LogP contribution in [0.4, 0.5) is 0 Å². The minimum Gasteiger partial charge on any atom is -0.378 e. The summed E-state index contributed by atoms with van der Waals surface area (Å²) in [4.78, 5) is 2.27. The molecule has 0 rings (SSSR count). The number of unbranched alkanes of at least 4 members (excludes halogenated alkanes) is 1. The van der Waals surface area contributed by atoms with E-state index in [0.29, 0.717) is 5.92 Å². The number of allylic oxidation sites excluding steroid dienone is 3. The van der Waals surface area contributed by atoms with Gasteiger partial charge in [0.05, 0.1) is 0 Å². The smallest absolute Gasteiger partial charge is 0.0174 e. The van der Waals surface area contributed by atoms with Crippen molar-refractivity contribution < 1.29 is 0 Å². The zero-order chi connectivity index (χ0) is 11.1. The van der Waals surface area contributed by atoms with Gasteiger partial charge in [-0.1, -0.05) is 32.1 Å². The Morgan fingerprint density at radius 1 is 1.36 bits per heavy atom. The minimum absolute atomic E-state index is 0.559. The lowest BCUT2D eigenvalue weighted by molar-refractivity contribution is 0.371. The Balaban J connectivity index is 3.69. The lowest BCUT2D eigenvalue weighted by Gasteiger charge is -2.24. The highest BCUT2D eigenvalue weighted by Crippen LogP contribution is 2.11. The molecule has 0 saturated carbocycles. The molecule has 0 amide bonds. The second-order valence-electron chi connectivity index (χ2n) is 4.49. The standard InChI is InChI=1S/C13H25N/c1-11(2)9-7-8-10-14(6)13(5)12(3)4/h9,12H,5,7-8,10H2,1-4,6H3. The monoisotopic (exact) mass is 195 g/mol. The van der Waals surface area contributed by atoms with Crippen molar-refractivity contribution in [2.24, 2.45) is 5.92 Å². The zero-order valence-electron chi connectivity index (χ0n) is 10.4. The summed E-state index contributed by atoms with van der Waals surface area (Å²) in [5.41, 5.74) is 2.65. The number of hydrogen-bond donors (Lipinski definition) is 0. The minimum atomic E-state index is 0.559. The third-order valence-electron chi connectivity index (χ3n) is 2.41. The predicted molar refractivity (Wildman–Crippen MR) is 65.3 cm³/mol. The highest BCUT2D eigenvalue weighted by atomic mass is 15.1. The van der Waals surface area contributed by atoms with Crippen LogP contribution < -0.4 is 0 Å². The van der Waals surface area contributed by atoms with Gasteiger partial charge < -0.3 is 4.90 Å². The molecule has 0 bridgehead atoms. The van der Waals surface area contributed by atoms with E-state index in [1.807, 2.05) is 0 Å². The Labute approximate surface area is 89.5 Å². The van der Waals surface area contributed by atoms with Crippen molar-refractivity contribution in [1.82, 2.24) is 4.90 Å². The molecule has 0 aliphatic rings. The SMILES string of the molecule is C=C(C(C)C)N(C)CCCC=C(C)C. The van der Waals surface area contributed by atoms with Gasteiger partial charge in [0.2, 0.25) is 0 Å². The van der Waals surface area contributed by atoms with Gasteiger partial charge in [-0.15, -0.1) is 0 Å².